The molecule has 2 atom stereocenters. The first-order valence-electron chi connectivity index (χ1n) is 7.31. The van der Waals surface area contributed by atoms with E-state index in [4.69, 9.17) is 5.11 Å². The lowest BCUT2D eigenvalue weighted by Gasteiger charge is -2.42. The standard InChI is InChI=1S/C13H21N5O2S/c1-9-6-17-5-3-4-10(17)7-18(9)12-14-15-13(16(12)2)21-8-11(19)20/h9-10H,3-8H2,1-2H3,(H,19,20). The molecule has 2 unspecified atom stereocenters. The van der Waals surface area contributed by atoms with Gasteiger partial charge in [-0.2, -0.15) is 0 Å². The van der Waals surface area contributed by atoms with E-state index < -0.39 is 5.97 Å². The Labute approximate surface area is 128 Å². The lowest BCUT2D eigenvalue weighted by molar-refractivity contribution is -0.133. The second-order valence-electron chi connectivity index (χ2n) is 5.82. The molecule has 0 radical (unpaired) electrons. The zero-order valence-corrected chi connectivity index (χ0v) is 13.2. The molecule has 0 amide bonds. The van der Waals surface area contributed by atoms with Gasteiger partial charge in [-0.05, 0) is 26.3 Å². The molecule has 2 fully saturated rings. The van der Waals surface area contributed by atoms with Crippen LogP contribution in [0.4, 0.5) is 5.95 Å². The fourth-order valence-electron chi connectivity index (χ4n) is 3.28. The Bertz CT molecular complexity index is 535. The van der Waals surface area contributed by atoms with Gasteiger partial charge in [0, 0.05) is 32.2 Å². The van der Waals surface area contributed by atoms with Crippen LogP contribution in [-0.2, 0) is 11.8 Å². The maximum atomic E-state index is 10.7. The molecule has 0 bridgehead atoms. The Morgan fingerprint density at radius 3 is 3.00 bits per heavy atom. The Balaban J connectivity index is 1.75. The number of carboxylic acid groups (broad SMARTS) is 1. The van der Waals surface area contributed by atoms with Gasteiger partial charge in [0.25, 0.3) is 0 Å². The van der Waals surface area contributed by atoms with E-state index in [0.29, 0.717) is 17.2 Å². The Morgan fingerprint density at radius 2 is 2.24 bits per heavy atom. The summed E-state index contributed by atoms with van der Waals surface area (Å²) >= 11 is 1.21. The van der Waals surface area contributed by atoms with Crippen molar-refractivity contribution >= 4 is 23.7 Å². The van der Waals surface area contributed by atoms with Gasteiger partial charge in [0.2, 0.25) is 5.95 Å². The lowest BCUT2D eigenvalue weighted by atomic mass is 10.1. The number of carboxylic acids is 1. The first-order chi connectivity index (χ1) is 10.1. The number of piperazine rings is 1. The molecule has 1 N–H and O–H groups in total. The number of aliphatic carboxylic acids is 1. The molecule has 2 aliphatic heterocycles. The third kappa shape index (κ3) is 2.87. The second-order valence-corrected chi connectivity index (χ2v) is 6.76. The molecule has 1 aromatic rings. The molecule has 0 saturated carbocycles. The van der Waals surface area contributed by atoms with Gasteiger partial charge in [0.15, 0.2) is 5.16 Å². The van der Waals surface area contributed by atoms with Crippen LogP contribution >= 0.6 is 11.8 Å². The summed E-state index contributed by atoms with van der Waals surface area (Å²) in [4.78, 5) is 15.6. The average molecular weight is 311 g/mol. The fraction of sp³-hybridized carbons (Fsp3) is 0.769. The minimum atomic E-state index is -0.836. The van der Waals surface area contributed by atoms with Gasteiger partial charge in [-0.1, -0.05) is 11.8 Å². The highest BCUT2D eigenvalue weighted by Crippen LogP contribution is 2.29. The number of rotatable bonds is 4. The number of carbonyl (C=O) groups is 1. The summed E-state index contributed by atoms with van der Waals surface area (Å²) in [5.74, 6) is 0.0252. The number of hydrogen-bond donors (Lipinski definition) is 1. The zero-order valence-electron chi connectivity index (χ0n) is 12.4. The largest absolute Gasteiger partial charge is 0.481 e. The van der Waals surface area contributed by atoms with E-state index in [2.05, 4.69) is 26.9 Å². The van der Waals surface area contributed by atoms with Crippen LogP contribution in [0.3, 0.4) is 0 Å². The van der Waals surface area contributed by atoms with Gasteiger partial charge in [-0.15, -0.1) is 10.2 Å². The van der Waals surface area contributed by atoms with Crippen molar-refractivity contribution in [1.82, 2.24) is 19.7 Å². The second kappa shape index (κ2) is 5.84. The van der Waals surface area contributed by atoms with Gasteiger partial charge in [-0.3, -0.25) is 14.3 Å². The summed E-state index contributed by atoms with van der Waals surface area (Å²) in [6.45, 7) is 5.47. The summed E-state index contributed by atoms with van der Waals surface area (Å²) in [5.41, 5.74) is 0. The van der Waals surface area contributed by atoms with Crippen LogP contribution in [0, 0.1) is 0 Å². The Morgan fingerprint density at radius 1 is 1.43 bits per heavy atom. The molecule has 2 aliphatic rings. The van der Waals surface area contributed by atoms with E-state index >= 15 is 0 Å². The predicted molar refractivity (Wildman–Crippen MR) is 80.8 cm³/mol. The van der Waals surface area contributed by atoms with Crippen molar-refractivity contribution in [3.8, 4) is 0 Å². The predicted octanol–water partition coefficient (Wildman–Crippen LogP) is 0.665. The van der Waals surface area contributed by atoms with Crippen molar-refractivity contribution in [3.05, 3.63) is 0 Å². The number of fused-ring (bicyclic) bond motifs is 1. The fourth-order valence-corrected chi connectivity index (χ4v) is 3.90. The molecule has 8 heteroatoms. The number of hydrogen-bond acceptors (Lipinski definition) is 6. The summed E-state index contributed by atoms with van der Waals surface area (Å²) in [5, 5.41) is 17.9. The van der Waals surface area contributed by atoms with Crippen molar-refractivity contribution in [1.29, 1.82) is 0 Å². The highest BCUT2D eigenvalue weighted by atomic mass is 32.2. The van der Waals surface area contributed by atoms with Crippen LogP contribution < -0.4 is 4.90 Å². The SMILES string of the molecule is CC1CN2CCCC2CN1c1nnc(SCC(=O)O)n1C. The van der Waals surface area contributed by atoms with Crippen LogP contribution in [-0.4, -0.2) is 68.2 Å². The smallest absolute Gasteiger partial charge is 0.313 e. The number of thioether (sulfide) groups is 1. The molecule has 0 spiro atoms. The lowest BCUT2D eigenvalue weighted by Crippen LogP contribution is -2.55. The van der Waals surface area contributed by atoms with Crippen molar-refractivity contribution in [3.63, 3.8) is 0 Å². The minimum absolute atomic E-state index is 0.0118. The number of nitrogens with zero attached hydrogens (tertiary/aromatic N) is 5. The summed E-state index contributed by atoms with van der Waals surface area (Å²) < 4.78 is 1.91. The van der Waals surface area contributed by atoms with E-state index in [0.717, 1.165) is 19.0 Å². The first-order valence-corrected chi connectivity index (χ1v) is 8.29. The Kier molecular flexibility index (Phi) is 4.08. The van der Waals surface area contributed by atoms with Crippen molar-refractivity contribution in [2.45, 2.75) is 37.0 Å². The van der Waals surface area contributed by atoms with Gasteiger partial charge >= 0.3 is 5.97 Å². The summed E-state index contributed by atoms with van der Waals surface area (Å²) in [6.07, 6.45) is 2.53. The molecular formula is C13H21N5O2S. The normalized spacial score (nSPS) is 26.1. The highest BCUT2D eigenvalue weighted by Gasteiger charge is 2.36. The topological polar surface area (TPSA) is 74.5 Å². The van der Waals surface area contributed by atoms with Crippen molar-refractivity contribution in [2.24, 2.45) is 7.05 Å². The van der Waals surface area contributed by atoms with Crippen molar-refractivity contribution < 1.29 is 9.90 Å². The van der Waals surface area contributed by atoms with E-state index in [-0.39, 0.29) is 5.75 Å². The van der Waals surface area contributed by atoms with Crippen LogP contribution in [0.1, 0.15) is 19.8 Å². The maximum absolute atomic E-state index is 10.7. The third-order valence-corrected chi connectivity index (χ3v) is 5.34. The molecule has 21 heavy (non-hydrogen) atoms. The molecule has 1 aromatic heterocycles. The molecule has 3 heterocycles. The van der Waals surface area contributed by atoms with Crippen LogP contribution in [0.5, 0.6) is 0 Å². The molecule has 116 valence electrons. The number of anilines is 1. The number of aromatic nitrogens is 3. The molecular weight excluding hydrogens is 290 g/mol. The van der Waals surface area contributed by atoms with Gasteiger partial charge in [0.1, 0.15) is 0 Å². The van der Waals surface area contributed by atoms with Crippen LogP contribution in [0.15, 0.2) is 5.16 Å². The molecule has 0 aliphatic carbocycles. The quantitative estimate of drug-likeness (QED) is 0.819. The van der Waals surface area contributed by atoms with Crippen LogP contribution in [0.2, 0.25) is 0 Å². The van der Waals surface area contributed by atoms with Gasteiger partial charge in [-0.25, -0.2) is 0 Å². The van der Waals surface area contributed by atoms with E-state index in [1.807, 2.05) is 11.6 Å². The summed E-state index contributed by atoms with van der Waals surface area (Å²) in [6, 6.07) is 1.02. The average Bonchev–Trinajstić information content (AvgIpc) is 3.02. The molecule has 3 rings (SSSR count). The zero-order chi connectivity index (χ0) is 15.0. The first kappa shape index (κ1) is 14.6. The molecule has 7 nitrogen and oxygen atoms in total. The van der Waals surface area contributed by atoms with E-state index in [1.165, 1.54) is 31.1 Å². The third-order valence-electron chi connectivity index (χ3n) is 4.33. The highest BCUT2D eigenvalue weighted by molar-refractivity contribution is 7.99. The molecule has 2 saturated heterocycles. The maximum Gasteiger partial charge on any atom is 0.313 e. The molecule has 0 aromatic carbocycles. The van der Waals surface area contributed by atoms with Gasteiger partial charge in [0.05, 0.1) is 5.75 Å². The monoisotopic (exact) mass is 311 g/mol. The van der Waals surface area contributed by atoms with E-state index in [9.17, 15) is 4.79 Å². The van der Waals surface area contributed by atoms with Gasteiger partial charge < -0.3 is 10.0 Å². The van der Waals surface area contributed by atoms with E-state index in [1.54, 1.807) is 0 Å². The minimum Gasteiger partial charge on any atom is -0.481 e. The summed E-state index contributed by atoms with van der Waals surface area (Å²) in [7, 11) is 1.91. The Hall–Kier alpha value is -1.28. The van der Waals surface area contributed by atoms with Crippen LogP contribution in [0.25, 0.3) is 0 Å². The van der Waals surface area contributed by atoms with Crippen molar-refractivity contribution in [2.75, 3.05) is 30.3 Å².